The largest absolute Gasteiger partial charge is 0.382 e. The molecule has 1 aromatic heterocycles. The molecule has 0 saturated carbocycles. The van der Waals surface area contributed by atoms with E-state index in [9.17, 15) is 4.79 Å². The first-order valence-electron chi connectivity index (χ1n) is 8.33. The van der Waals surface area contributed by atoms with Crippen molar-refractivity contribution in [1.29, 1.82) is 0 Å². The highest BCUT2D eigenvalue weighted by Crippen LogP contribution is 2.32. The fourth-order valence-electron chi connectivity index (χ4n) is 3.21. The number of aromatic nitrogens is 2. The number of nitrogen functional groups attached to an aromatic ring is 1. The average molecular weight is 325 g/mol. The zero-order valence-corrected chi connectivity index (χ0v) is 13.9. The SMILES string of the molecule is CNCCc1ccccc1C(=O)N1CCCC1c1ccc(N)nn1. The van der Waals surface area contributed by atoms with Gasteiger partial charge >= 0.3 is 0 Å². The van der Waals surface area contributed by atoms with Crippen LogP contribution in [-0.2, 0) is 6.42 Å². The summed E-state index contributed by atoms with van der Waals surface area (Å²) in [6, 6.07) is 11.4. The molecule has 3 N–H and O–H groups in total. The molecule has 1 aliphatic heterocycles. The number of nitrogens with zero attached hydrogens (tertiary/aromatic N) is 3. The zero-order chi connectivity index (χ0) is 16.9. The number of nitrogens with one attached hydrogen (secondary N) is 1. The fourth-order valence-corrected chi connectivity index (χ4v) is 3.21. The molecule has 2 aromatic rings. The quantitative estimate of drug-likeness (QED) is 0.876. The van der Waals surface area contributed by atoms with E-state index >= 15 is 0 Å². The van der Waals surface area contributed by atoms with Gasteiger partial charge in [0.05, 0.1) is 11.7 Å². The number of likely N-dealkylation sites (N-methyl/N-ethyl adjacent to an activating group) is 1. The van der Waals surface area contributed by atoms with E-state index in [1.54, 1.807) is 6.07 Å². The monoisotopic (exact) mass is 325 g/mol. The smallest absolute Gasteiger partial charge is 0.254 e. The van der Waals surface area contributed by atoms with Crippen LogP contribution in [0.25, 0.3) is 0 Å². The normalized spacial score (nSPS) is 17.2. The second kappa shape index (κ2) is 7.40. The molecule has 1 saturated heterocycles. The number of carbonyl (C=O) groups is 1. The Morgan fingerprint density at radius 3 is 2.88 bits per heavy atom. The number of likely N-dealkylation sites (tertiary alicyclic amines) is 1. The Balaban J connectivity index is 1.85. The Labute approximate surface area is 142 Å². The van der Waals surface area contributed by atoms with Crippen molar-refractivity contribution in [1.82, 2.24) is 20.4 Å². The number of nitrogens with two attached hydrogens (primary N) is 1. The van der Waals surface area contributed by atoms with Crippen LogP contribution in [0.1, 0.15) is 40.5 Å². The maximum Gasteiger partial charge on any atom is 0.254 e. The standard InChI is InChI=1S/C18H23N5O/c1-20-11-10-13-5-2-3-6-14(13)18(24)23-12-4-7-16(23)15-8-9-17(19)22-21-15/h2-3,5-6,8-9,16,20H,4,7,10-12H2,1H3,(H2,19,22). The Hall–Kier alpha value is -2.47. The lowest BCUT2D eigenvalue weighted by molar-refractivity contribution is 0.0731. The summed E-state index contributed by atoms with van der Waals surface area (Å²) in [6.45, 7) is 1.59. The van der Waals surface area contributed by atoms with E-state index in [0.717, 1.165) is 49.2 Å². The summed E-state index contributed by atoms with van der Waals surface area (Å²) in [6.07, 6.45) is 2.71. The Bertz CT molecular complexity index is 701. The van der Waals surface area contributed by atoms with Crippen LogP contribution in [0.3, 0.4) is 0 Å². The van der Waals surface area contributed by atoms with Crippen LogP contribution in [0.4, 0.5) is 5.82 Å². The van der Waals surface area contributed by atoms with E-state index in [1.165, 1.54) is 0 Å². The minimum Gasteiger partial charge on any atom is -0.382 e. The van der Waals surface area contributed by atoms with Crippen molar-refractivity contribution in [3.05, 3.63) is 53.2 Å². The van der Waals surface area contributed by atoms with E-state index < -0.39 is 0 Å². The predicted molar refractivity (Wildman–Crippen MR) is 93.5 cm³/mol. The van der Waals surface area contributed by atoms with Gasteiger partial charge in [-0.25, -0.2) is 0 Å². The number of benzene rings is 1. The highest BCUT2D eigenvalue weighted by molar-refractivity contribution is 5.96. The van der Waals surface area contributed by atoms with Gasteiger partial charge in [-0.2, -0.15) is 5.10 Å². The fraction of sp³-hybridized carbons (Fsp3) is 0.389. The molecule has 1 aliphatic rings. The van der Waals surface area contributed by atoms with Crippen molar-refractivity contribution in [2.75, 3.05) is 25.9 Å². The van der Waals surface area contributed by atoms with E-state index in [4.69, 9.17) is 5.73 Å². The Morgan fingerprint density at radius 2 is 2.12 bits per heavy atom. The molecule has 1 fully saturated rings. The van der Waals surface area contributed by atoms with E-state index in [0.29, 0.717) is 5.82 Å². The van der Waals surface area contributed by atoms with E-state index in [1.807, 2.05) is 42.3 Å². The van der Waals surface area contributed by atoms with Gasteiger partial charge in [-0.3, -0.25) is 4.79 Å². The summed E-state index contributed by atoms with van der Waals surface area (Å²) in [5.41, 5.74) is 8.28. The highest BCUT2D eigenvalue weighted by Gasteiger charge is 2.32. The Morgan fingerprint density at radius 1 is 1.29 bits per heavy atom. The average Bonchev–Trinajstić information content (AvgIpc) is 3.10. The van der Waals surface area contributed by atoms with E-state index in [2.05, 4.69) is 15.5 Å². The van der Waals surface area contributed by atoms with Crippen LogP contribution in [0.5, 0.6) is 0 Å². The summed E-state index contributed by atoms with van der Waals surface area (Å²) in [4.78, 5) is 15.0. The highest BCUT2D eigenvalue weighted by atomic mass is 16.2. The van der Waals surface area contributed by atoms with Gasteiger partial charge in [-0.15, -0.1) is 5.10 Å². The van der Waals surface area contributed by atoms with Gasteiger partial charge in [-0.1, -0.05) is 18.2 Å². The van der Waals surface area contributed by atoms with Crippen molar-refractivity contribution in [3.63, 3.8) is 0 Å². The molecule has 126 valence electrons. The summed E-state index contributed by atoms with van der Waals surface area (Å²) < 4.78 is 0. The molecular weight excluding hydrogens is 302 g/mol. The number of rotatable bonds is 5. The van der Waals surface area contributed by atoms with Crippen LogP contribution in [0.15, 0.2) is 36.4 Å². The molecular formula is C18H23N5O. The van der Waals surface area contributed by atoms with Crippen LogP contribution < -0.4 is 11.1 Å². The molecule has 2 heterocycles. The summed E-state index contributed by atoms with van der Waals surface area (Å²) in [7, 11) is 1.92. The molecule has 6 heteroatoms. The third-order valence-corrected chi connectivity index (χ3v) is 4.45. The van der Waals surface area contributed by atoms with Gasteiger partial charge in [0, 0.05) is 12.1 Å². The van der Waals surface area contributed by atoms with Crippen molar-refractivity contribution >= 4 is 11.7 Å². The van der Waals surface area contributed by atoms with Crippen molar-refractivity contribution in [3.8, 4) is 0 Å². The lowest BCUT2D eigenvalue weighted by Gasteiger charge is -2.25. The van der Waals surface area contributed by atoms with Gasteiger partial charge in [0.25, 0.3) is 5.91 Å². The van der Waals surface area contributed by atoms with Crippen LogP contribution in [0, 0.1) is 0 Å². The van der Waals surface area contributed by atoms with Gasteiger partial charge in [-0.05, 0) is 56.6 Å². The van der Waals surface area contributed by atoms with Crippen molar-refractivity contribution < 1.29 is 4.79 Å². The first-order chi connectivity index (χ1) is 11.7. The van der Waals surface area contributed by atoms with Crippen molar-refractivity contribution in [2.45, 2.75) is 25.3 Å². The molecule has 0 radical (unpaired) electrons. The van der Waals surface area contributed by atoms with Gasteiger partial charge in [0.2, 0.25) is 0 Å². The minimum absolute atomic E-state index is 0.0250. The molecule has 0 spiro atoms. The third-order valence-electron chi connectivity index (χ3n) is 4.45. The maximum absolute atomic E-state index is 13.1. The molecule has 1 unspecified atom stereocenters. The maximum atomic E-state index is 13.1. The predicted octanol–water partition coefficient (Wildman–Crippen LogP) is 1.80. The molecule has 0 aliphatic carbocycles. The topological polar surface area (TPSA) is 84.1 Å². The van der Waals surface area contributed by atoms with Gasteiger partial charge in [0.1, 0.15) is 5.82 Å². The molecule has 6 nitrogen and oxygen atoms in total. The summed E-state index contributed by atoms with van der Waals surface area (Å²) >= 11 is 0. The summed E-state index contributed by atoms with van der Waals surface area (Å²) in [5, 5.41) is 11.2. The molecule has 24 heavy (non-hydrogen) atoms. The number of amides is 1. The number of hydrogen-bond acceptors (Lipinski definition) is 5. The second-order valence-electron chi connectivity index (χ2n) is 6.05. The Kier molecular flexibility index (Phi) is 5.05. The molecule has 1 atom stereocenters. The van der Waals surface area contributed by atoms with Gasteiger partial charge in [0.15, 0.2) is 0 Å². The molecule has 0 bridgehead atoms. The van der Waals surface area contributed by atoms with E-state index in [-0.39, 0.29) is 11.9 Å². The summed E-state index contributed by atoms with van der Waals surface area (Å²) in [5.74, 6) is 0.467. The first-order valence-corrected chi connectivity index (χ1v) is 8.33. The second-order valence-corrected chi connectivity index (χ2v) is 6.05. The number of carbonyl (C=O) groups excluding carboxylic acids is 1. The molecule has 1 aromatic carbocycles. The number of hydrogen-bond donors (Lipinski definition) is 2. The zero-order valence-electron chi connectivity index (χ0n) is 13.9. The van der Waals surface area contributed by atoms with Crippen LogP contribution in [-0.4, -0.2) is 41.1 Å². The molecule has 1 amide bonds. The van der Waals surface area contributed by atoms with Crippen LogP contribution >= 0.6 is 0 Å². The third kappa shape index (κ3) is 3.38. The van der Waals surface area contributed by atoms with Crippen LogP contribution in [0.2, 0.25) is 0 Å². The molecule has 3 rings (SSSR count). The minimum atomic E-state index is -0.0250. The first kappa shape index (κ1) is 16.4. The lowest BCUT2D eigenvalue weighted by atomic mass is 10.0. The van der Waals surface area contributed by atoms with Crippen molar-refractivity contribution in [2.24, 2.45) is 0 Å². The lowest BCUT2D eigenvalue weighted by Crippen LogP contribution is -2.32. The van der Waals surface area contributed by atoms with Gasteiger partial charge < -0.3 is 16.0 Å². The number of anilines is 1.